The zero-order chi connectivity index (χ0) is 55.5. The Morgan fingerprint density at radius 2 is 1.27 bits per heavy atom. The van der Waals surface area contributed by atoms with E-state index in [-0.39, 0.29) is 55.0 Å². The summed E-state index contributed by atoms with van der Waals surface area (Å²) in [5.74, 6) is 1.57. The summed E-state index contributed by atoms with van der Waals surface area (Å²) < 4.78 is 75.4. The molecule has 3 heterocycles. The van der Waals surface area contributed by atoms with Crippen LogP contribution < -0.4 is 9.30 Å². The molecule has 7 aromatic carbocycles. The molecule has 10 rings (SSSR count). The van der Waals surface area contributed by atoms with Crippen LogP contribution in [0.1, 0.15) is 115 Å². The van der Waals surface area contributed by atoms with Crippen LogP contribution >= 0.6 is 0 Å². The van der Waals surface area contributed by atoms with E-state index in [1.165, 1.54) is 0 Å². The molecule has 6 heteroatoms. The fraction of sp³-hybridized carbons (Fsp3) is 0.262. The maximum Gasteiger partial charge on any atom is 0.268 e. The Morgan fingerprint density at radius 3 is 1.96 bits per heavy atom. The molecule has 5 nitrogen and oxygen atoms in total. The van der Waals surface area contributed by atoms with Gasteiger partial charge in [-0.3, -0.25) is 4.57 Å². The van der Waals surface area contributed by atoms with Crippen molar-refractivity contribution in [2.75, 3.05) is 0 Å². The summed E-state index contributed by atoms with van der Waals surface area (Å²) in [5.41, 5.74) is 9.38. The van der Waals surface area contributed by atoms with Gasteiger partial charge in [-0.1, -0.05) is 192 Å². The molecule has 0 bridgehead atoms. The van der Waals surface area contributed by atoms with E-state index in [1.54, 1.807) is 0 Å². The molecule has 0 unspecified atom stereocenters. The summed E-state index contributed by atoms with van der Waals surface area (Å²) in [6.45, 7) is 25.4. The van der Waals surface area contributed by atoms with Crippen molar-refractivity contribution in [3.05, 3.63) is 198 Å². The molecule has 0 atom stereocenters. The second-order valence-corrected chi connectivity index (χ2v) is 22.4. The maximum absolute atomic E-state index is 9.23. The molecule has 0 saturated carbocycles. The minimum absolute atomic E-state index is 0. The van der Waals surface area contributed by atoms with E-state index in [2.05, 4.69) is 110 Å². The number of pyridine rings is 1. The van der Waals surface area contributed by atoms with E-state index in [1.807, 2.05) is 133 Å². The van der Waals surface area contributed by atoms with Gasteiger partial charge in [0, 0.05) is 47.0 Å². The normalized spacial score (nSPS) is 14.1. The van der Waals surface area contributed by atoms with Crippen LogP contribution in [0.15, 0.2) is 158 Å². The van der Waals surface area contributed by atoms with Gasteiger partial charge in [-0.15, -0.1) is 29.7 Å². The van der Waals surface area contributed by atoms with E-state index < -0.39 is 29.9 Å². The van der Waals surface area contributed by atoms with E-state index >= 15 is 0 Å². The Labute approximate surface area is 445 Å². The number of nitrogens with zero attached hydrogens (tertiary/aromatic N) is 4. The zero-order valence-corrected chi connectivity index (χ0v) is 44.9. The van der Waals surface area contributed by atoms with Gasteiger partial charge in [-0.25, -0.2) is 4.98 Å². The van der Waals surface area contributed by atoms with Crippen molar-refractivity contribution in [1.29, 1.82) is 0 Å². The molecule has 362 valence electrons. The molecular weight excluding hydrogens is 1050 g/mol. The molecule has 0 aliphatic rings. The van der Waals surface area contributed by atoms with E-state index in [0.717, 1.165) is 60.7 Å². The number of benzene rings is 7. The third-order valence-corrected chi connectivity index (χ3v) is 12.8. The average Bonchev–Trinajstić information content (AvgIpc) is 3.94. The number of imidazole rings is 1. The van der Waals surface area contributed by atoms with Crippen molar-refractivity contribution in [3.63, 3.8) is 0 Å². The largest absolute Gasteiger partial charge is 0.510 e. The Morgan fingerprint density at radius 1 is 0.606 bits per heavy atom. The minimum atomic E-state index is -1.61. The smallest absolute Gasteiger partial charge is 0.268 e. The summed E-state index contributed by atoms with van der Waals surface area (Å²) >= 11 is 0. The van der Waals surface area contributed by atoms with Gasteiger partial charge in [0.25, 0.3) is 6.33 Å². The quantitative estimate of drug-likeness (QED) is 0.112. The Bertz CT molecular complexity index is 3940. The third-order valence-electron chi connectivity index (χ3n) is 12.8. The molecule has 10 aromatic rings. The second kappa shape index (κ2) is 18.6. The van der Waals surface area contributed by atoms with Crippen molar-refractivity contribution in [1.82, 2.24) is 14.1 Å². The number of aromatic nitrogens is 4. The van der Waals surface area contributed by atoms with Gasteiger partial charge >= 0.3 is 0 Å². The topological polar surface area (TPSA) is 35.9 Å². The van der Waals surface area contributed by atoms with Crippen molar-refractivity contribution >= 4 is 32.8 Å². The fourth-order valence-corrected chi connectivity index (χ4v) is 9.14. The standard InChI is InChI=1S/C65H64N4O.Pt/c1-62(2,3)41-43-28-31-56-55(34-43)54-30-29-51(40-59(54)69(56)60-38-46(32-33-66-60)63(4,5)6)70-50-23-18-22-49(39-50)67-42-68(58-27-17-16-26-57(58)67)61-52(44-20-14-13-15-21-44)24-19-25-53(61)45-35-47(64(7,8)9)37-48(36-45)65(10,11)12;/h13-38H,41H2,1-12H3;/q-2;/i13D,14D,15D,20D,21D,41D2;. The molecule has 0 aliphatic heterocycles. The number of para-hydroxylation sites is 3. The molecule has 0 spiro atoms. The molecule has 0 N–H and O–H groups in total. The number of hydrogen-bond donors (Lipinski definition) is 0. The van der Waals surface area contributed by atoms with Gasteiger partial charge in [-0.2, -0.15) is 18.2 Å². The molecule has 71 heavy (non-hydrogen) atoms. The maximum atomic E-state index is 9.23. The third kappa shape index (κ3) is 9.91. The Balaban J connectivity index is 0.00000740. The summed E-state index contributed by atoms with van der Waals surface area (Å²) in [6, 6.07) is 45.0. The number of fused-ring (bicyclic) bond motifs is 4. The molecular formula is C65H64N4OPt-2. The van der Waals surface area contributed by atoms with E-state index in [9.17, 15) is 2.74 Å². The Kier molecular flexibility index (Phi) is 10.7. The van der Waals surface area contributed by atoms with Crippen LogP contribution in [0.5, 0.6) is 11.5 Å². The molecule has 3 aromatic heterocycles. The Hall–Kier alpha value is -6.55. The van der Waals surface area contributed by atoms with Gasteiger partial charge in [0.2, 0.25) is 0 Å². The molecule has 0 aliphatic carbocycles. The van der Waals surface area contributed by atoms with Crippen LogP contribution in [0.4, 0.5) is 0 Å². The van der Waals surface area contributed by atoms with Crippen LogP contribution in [0, 0.1) is 23.9 Å². The van der Waals surface area contributed by atoms with Gasteiger partial charge in [0.05, 0.1) is 23.6 Å². The van der Waals surface area contributed by atoms with E-state index in [0.29, 0.717) is 39.8 Å². The first kappa shape index (κ1) is 41.1. The van der Waals surface area contributed by atoms with Gasteiger partial charge in [0.15, 0.2) is 0 Å². The minimum Gasteiger partial charge on any atom is -0.510 e. The van der Waals surface area contributed by atoms with Crippen LogP contribution in [0.3, 0.4) is 0 Å². The van der Waals surface area contributed by atoms with Crippen molar-refractivity contribution in [3.8, 4) is 50.9 Å². The van der Waals surface area contributed by atoms with Gasteiger partial charge < -0.3 is 13.9 Å². The first-order chi connectivity index (χ1) is 36.0. The number of rotatable bonds is 8. The summed E-state index contributed by atoms with van der Waals surface area (Å²) in [4.78, 5) is 4.88. The van der Waals surface area contributed by atoms with Gasteiger partial charge in [0.1, 0.15) is 5.82 Å². The fourth-order valence-electron chi connectivity index (χ4n) is 9.14. The van der Waals surface area contributed by atoms with Crippen LogP contribution in [-0.2, 0) is 43.7 Å². The summed E-state index contributed by atoms with van der Waals surface area (Å²) in [6.07, 6.45) is 3.87. The second-order valence-electron chi connectivity index (χ2n) is 22.4. The SMILES string of the molecule is [2H]c1c([2H])c([2H])c(-c2cccc(-c3cc(C(C)(C)C)cc(C(C)(C)C)c3)c2-[n+]2[c-]n(-c3[c-]c(Oc4[c-]c5c(cc4)c4cc(C([2H])([2H])C(C)(C)C)ccc4n5-c4cc(C(C)(C)C)ccn4)ccc3)c3ccccc32)c([2H])c1[2H].[Pt]. The summed E-state index contributed by atoms with van der Waals surface area (Å²) in [7, 11) is 0. The number of hydrogen-bond acceptors (Lipinski definition) is 2. The van der Waals surface area contributed by atoms with Crippen molar-refractivity contribution < 1.29 is 40.0 Å². The molecule has 0 saturated heterocycles. The predicted octanol–water partition coefficient (Wildman–Crippen LogP) is 16.4. The van der Waals surface area contributed by atoms with Crippen LogP contribution in [-0.4, -0.2) is 14.1 Å². The average molecular weight is 1120 g/mol. The van der Waals surface area contributed by atoms with Crippen LogP contribution in [0.25, 0.3) is 72.3 Å². The first-order valence-corrected chi connectivity index (χ1v) is 24.0. The van der Waals surface area contributed by atoms with Gasteiger partial charge in [-0.05, 0) is 102 Å². The molecule has 0 amide bonds. The molecule has 0 radical (unpaired) electrons. The number of ether oxygens (including phenoxy) is 1. The predicted molar refractivity (Wildman–Crippen MR) is 290 cm³/mol. The van der Waals surface area contributed by atoms with Crippen LogP contribution in [0.2, 0.25) is 0 Å². The first-order valence-electron chi connectivity index (χ1n) is 27.5. The van der Waals surface area contributed by atoms with E-state index in [4.69, 9.17) is 16.6 Å². The molecule has 0 fully saturated rings. The van der Waals surface area contributed by atoms with Crippen molar-refractivity contribution in [2.24, 2.45) is 5.41 Å². The zero-order valence-electron chi connectivity index (χ0n) is 49.6. The van der Waals surface area contributed by atoms with Crippen molar-refractivity contribution in [2.45, 2.75) is 106 Å². The summed E-state index contributed by atoms with van der Waals surface area (Å²) in [5, 5.41) is 1.75. The monoisotopic (exact) mass is 1120 g/mol.